The third-order valence-electron chi connectivity index (χ3n) is 2.15. The number of hydrogen-bond donors (Lipinski definition) is 0. The fraction of sp³-hybridized carbons (Fsp3) is 0.600. The van der Waals surface area contributed by atoms with Crippen LogP contribution in [0.4, 0.5) is 0 Å². The number of aromatic nitrogens is 2. The van der Waals surface area contributed by atoms with Gasteiger partial charge in [-0.3, -0.25) is 9.48 Å². The van der Waals surface area contributed by atoms with Gasteiger partial charge in [-0.25, -0.2) is 0 Å². The van der Waals surface area contributed by atoms with Crippen LogP contribution >= 0.6 is 0 Å². The lowest BCUT2D eigenvalue weighted by atomic mass is 10.2. The summed E-state index contributed by atoms with van der Waals surface area (Å²) in [7, 11) is 1.40. The minimum Gasteiger partial charge on any atom is -0.469 e. The van der Waals surface area contributed by atoms with Crippen LogP contribution < -0.4 is 0 Å². The molecule has 0 aromatic carbocycles. The van der Waals surface area contributed by atoms with Gasteiger partial charge in [-0.2, -0.15) is 5.10 Å². The summed E-state index contributed by atoms with van der Waals surface area (Å²) in [5.41, 5.74) is 2.04. The van der Waals surface area contributed by atoms with Crippen LogP contribution in [-0.2, 0) is 16.1 Å². The van der Waals surface area contributed by atoms with Crippen LogP contribution in [0, 0.1) is 19.8 Å². The Morgan fingerprint density at radius 3 is 2.71 bits per heavy atom. The molecule has 0 spiro atoms. The summed E-state index contributed by atoms with van der Waals surface area (Å²) in [5, 5.41) is 4.28. The molecule has 1 unspecified atom stereocenters. The second-order valence-corrected chi connectivity index (χ2v) is 3.53. The normalized spacial score (nSPS) is 12.6. The zero-order valence-corrected chi connectivity index (χ0v) is 9.07. The third-order valence-corrected chi connectivity index (χ3v) is 2.15. The molecule has 0 aliphatic carbocycles. The van der Waals surface area contributed by atoms with E-state index in [1.807, 2.05) is 31.5 Å². The second kappa shape index (κ2) is 4.26. The fourth-order valence-corrected chi connectivity index (χ4v) is 1.39. The first kappa shape index (κ1) is 10.8. The Hall–Kier alpha value is -1.32. The number of hydrogen-bond acceptors (Lipinski definition) is 3. The van der Waals surface area contributed by atoms with Gasteiger partial charge in [-0.1, -0.05) is 6.92 Å². The van der Waals surface area contributed by atoms with Crippen molar-refractivity contribution in [3.63, 3.8) is 0 Å². The Labute approximate surface area is 83.9 Å². The van der Waals surface area contributed by atoms with Crippen LogP contribution in [-0.4, -0.2) is 22.9 Å². The molecule has 1 aromatic rings. The number of esters is 1. The van der Waals surface area contributed by atoms with E-state index < -0.39 is 0 Å². The molecule has 4 nitrogen and oxygen atoms in total. The van der Waals surface area contributed by atoms with Crippen molar-refractivity contribution in [1.82, 2.24) is 9.78 Å². The van der Waals surface area contributed by atoms with Gasteiger partial charge in [-0.05, 0) is 19.9 Å². The van der Waals surface area contributed by atoms with Gasteiger partial charge in [0.15, 0.2) is 0 Å². The van der Waals surface area contributed by atoms with Crippen LogP contribution in [0.5, 0.6) is 0 Å². The summed E-state index contributed by atoms with van der Waals surface area (Å²) in [5.74, 6) is -0.351. The number of aryl methyl sites for hydroxylation is 2. The van der Waals surface area contributed by atoms with Gasteiger partial charge in [0.05, 0.1) is 25.3 Å². The van der Waals surface area contributed by atoms with Gasteiger partial charge >= 0.3 is 5.97 Å². The smallest absolute Gasteiger partial charge is 0.310 e. The van der Waals surface area contributed by atoms with Gasteiger partial charge in [0.25, 0.3) is 0 Å². The highest BCUT2D eigenvalue weighted by Gasteiger charge is 2.15. The SMILES string of the molecule is COC(=O)C(C)Cn1nc(C)cc1C. The maximum absolute atomic E-state index is 11.2. The van der Waals surface area contributed by atoms with Crippen molar-refractivity contribution in [1.29, 1.82) is 0 Å². The van der Waals surface area contributed by atoms with E-state index in [-0.39, 0.29) is 11.9 Å². The summed E-state index contributed by atoms with van der Waals surface area (Å²) in [6.45, 7) is 6.32. The molecular formula is C10H16N2O2. The van der Waals surface area contributed by atoms with Crippen molar-refractivity contribution in [3.8, 4) is 0 Å². The Morgan fingerprint density at radius 2 is 2.29 bits per heavy atom. The molecular weight excluding hydrogens is 180 g/mol. The van der Waals surface area contributed by atoms with Crippen molar-refractivity contribution in [2.24, 2.45) is 5.92 Å². The molecule has 4 heteroatoms. The van der Waals surface area contributed by atoms with Gasteiger partial charge < -0.3 is 4.74 Å². The minimum atomic E-state index is -0.197. The maximum Gasteiger partial charge on any atom is 0.310 e. The van der Waals surface area contributed by atoms with Gasteiger partial charge in [0.1, 0.15) is 0 Å². The van der Waals surface area contributed by atoms with Crippen molar-refractivity contribution in [2.45, 2.75) is 27.3 Å². The second-order valence-electron chi connectivity index (χ2n) is 3.53. The quantitative estimate of drug-likeness (QED) is 0.685. The Bertz CT molecular complexity index is 331. The van der Waals surface area contributed by atoms with E-state index in [0.717, 1.165) is 11.4 Å². The lowest BCUT2D eigenvalue weighted by Gasteiger charge is -2.10. The summed E-state index contributed by atoms with van der Waals surface area (Å²) < 4.78 is 6.48. The summed E-state index contributed by atoms with van der Waals surface area (Å²) in [6.07, 6.45) is 0. The highest BCUT2D eigenvalue weighted by Crippen LogP contribution is 2.07. The number of ether oxygens (including phenoxy) is 1. The highest BCUT2D eigenvalue weighted by atomic mass is 16.5. The summed E-state index contributed by atoms with van der Waals surface area (Å²) in [4.78, 5) is 11.2. The number of carbonyl (C=O) groups is 1. The lowest BCUT2D eigenvalue weighted by Crippen LogP contribution is -2.20. The molecule has 0 saturated heterocycles. The molecule has 0 saturated carbocycles. The minimum absolute atomic E-state index is 0.155. The Kier molecular flexibility index (Phi) is 3.28. The molecule has 78 valence electrons. The first-order valence-electron chi connectivity index (χ1n) is 4.63. The zero-order chi connectivity index (χ0) is 10.7. The van der Waals surface area contributed by atoms with Gasteiger partial charge in [-0.15, -0.1) is 0 Å². The monoisotopic (exact) mass is 196 g/mol. The zero-order valence-electron chi connectivity index (χ0n) is 9.07. The molecule has 1 rings (SSSR count). The molecule has 0 amide bonds. The topological polar surface area (TPSA) is 44.1 Å². The largest absolute Gasteiger partial charge is 0.469 e. The molecule has 0 aliphatic rings. The predicted octanol–water partition coefficient (Wildman–Crippen LogP) is 1.31. The molecule has 14 heavy (non-hydrogen) atoms. The highest BCUT2D eigenvalue weighted by molar-refractivity contribution is 5.71. The first-order valence-corrected chi connectivity index (χ1v) is 4.63. The van der Waals surface area contributed by atoms with Crippen LogP contribution in [0.2, 0.25) is 0 Å². The molecule has 0 N–H and O–H groups in total. The van der Waals surface area contributed by atoms with Crippen LogP contribution in [0.3, 0.4) is 0 Å². The van der Waals surface area contributed by atoms with Gasteiger partial charge in [0.2, 0.25) is 0 Å². The van der Waals surface area contributed by atoms with Crippen LogP contribution in [0.25, 0.3) is 0 Å². The van der Waals surface area contributed by atoms with E-state index >= 15 is 0 Å². The van der Waals surface area contributed by atoms with E-state index in [0.29, 0.717) is 6.54 Å². The average Bonchev–Trinajstić information content (AvgIpc) is 2.44. The molecule has 1 heterocycles. The van der Waals surface area contributed by atoms with E-state index in [2.05, 4.69) is 9.84 Å². The third kappa shape index (κ3) is 2.34. The van der Waals surface area contributed by atoms with Crippen molar-refractivity contribution in [2.75, 3.05) is 7.11 Å². The van der Waals surface area contributed by atoms with Crippen molar-refractivity contribution in [3.05, 3.63) is 17.5 Å². The van der Waals surface area contributed by atoms with Crippen LogP contribution in [0.15, 0.2) is 6.07 Å². The molecule has 0 radical (unpaired) electrons. The fourth-order valence-electron chi connectivity index (χ4n) is 1.39. The lowest BCUT2D eigenvalue weighted by molar-refractivity contribution is -0.145. The van der Waals surface area contributed by atoms with Crippen molar-refractivity contribution >= 4 is 5.97 Å². The molecule has 0 bridgehead atoms. The van der Waals surface area contributed by atoms with E-state index in [4.69, 9.17) is 0 Å². The number of nitrogens with zero attached hydrogens (tertiary/aromatic N) is 2. The first-order chi connectivity index (χ1) is 6.54. The predicted molar refractivity (Wildman–Crippen MR) is 52.9 cm³/mol. The van der Waals surface area contributed by atoms with Gasteiger partial charge in [0, 0.05) is 5.69 Å². The van der Waals surface area contributed by atoms with Crippen LogP contribution in [0.1, 0.15) is 18.3 Å². The molecule has 0 aliphatic heterocycles. The molecule has 1 aromatic heterocycles. The Morgan fingerprint density at radius 1 is 1.64 bits per heavy atom. The summed E-state index contributed by atoms with van der Waals surface area (Å²) >= 11 is 0. The molecule has 0 fully saturated rings. The number of methoxy groups -OCH3 is 1. The standard InChI is InChI=1S/C10H16N2O2/c1-7(10(13)14-4)6-12-9(3)5-8(2)11-12/h5,7H,6H2,1-4H3. The van der Waals surface area contributed by atoms with E-state index in [1.54, 1.807) is 0 Å². The van der Waals surface area contributed by atoms with E-state index in [9.17, 15) is 4.79 Å². The Balaban J connectivity index is 2.69. The van der Waals surface area contributed by atoms with E-state index in [1.165, 1.54) is 7.11 Å². The average molecular weight is 196 g/mol. The number of rotatable bonds is 3. The summed E-state index contributed by atoms with van der Waals surface area (Å²) in [6, 6.07) is 1.99. The van der Waals surface area contributed by atoms with Crippen molar-refractivity contribution < 1.29 is 9.53 Å². The maximum atomic E-state index is 11.2. The number of carbonyl (C=O) groups excluding carboxylic acids is 1. The molecule has 1 atom stereocenters.